The quantitative estimate of drug-likeness (QED) is 0.145. The molecule has 0 aromatic rings. The van der Waals surface area contributed by atoms with Crippen LogP contribution in [0.25, 0.3) is 0 Å². The zero-order valence-corrected chi connectivity index (χ0v) is 24.7. The summed E-state index contributed by atoms with van der Waals surface area (Å²) in [6, 6.07) is 0. The van der Waals surface area contributed by atoms with Crippen LogP contribution in [-0.4, -0.2) is 117 Å². The highest BCUT2D eigenvalue weighted by Gasteiger charge is 2.39. The van der Waals surface area contributed by atoms with Crippen molar-refractivity contribution in [2.45, 2.75) is 75.3 Å². The fourth-order valence-electron chi connectivity index (χ4n) is 6.18. The molecule has 11 nitrogen and oxygen atoms in total. The Kier molecular flexibility index (Phi) is 11.8. The van der Waals surface area contributed by atoms with Crippen molar-refractivity contribution in [2.24, 2.45) is 17.8 Å². The standard InChI is InChI=1S/C26H45ClFN5O6S/c27-21-14-30-26(31-15-21)32-8-5-18(6-9-32)2-1-10-39-22-4-3-19(23(28)13-22)12-24(34)33-16-20(17-33)25(35)29-7-11-40(36,37)38/h18-23,26,30-31H,1-17H2,(H,29,35)(H,36,37,38). The first-order valence-electron chi connectivity index (χ1n) is 14.7. The van der Waals surface area contributed by atoms with Crippen LogP contribution in [0.4, 0.5) is 4.39 Å². The molecule has 0 bridgehead atoms. The molecule has 3 heterocycles. The fraction of sp³-hybridized carbons (Fsp3) is 0.923. The second-order valence-corrected chi connectivity index (χ2v) is 14.0. The average molecular weight is 610 g/mol. The minimum Gasteiger partial charge on any atom is -0.378 e. The van der Waals surface area contributed by atoms with Gasteiger partial charge in [-0.15, -0.1) is 11.6 Å². The molecule has 3 atom stereocenters. The number of likely N-dealkylation sites (tertiary alicyclic amines) is 2. The summed E-state index contributed by atoms with van der Waals surface area (Å²) in [5.74, 6) is -1.09. The first kappa shape index (κ1) is 31.8. The number of carbonyl (C=O) groups excluding carboxylic acids is 2. The molecule has 0 radical (unpaired) electrons. The van der Waals surface area contributed by atoms with Gasteiger partial charge in [-0.2, -0.15) is 8.42 Å². The van der Waals surface area contributed by atoms with Crippen molar-refractivity contribution in [1.82, 2.24) is 25.8 Å². The molecule has 0 aromatic carbocycles. The predicted octanol–water partition coefficient (Wildman–Crippen LogP) is 0.938. The van der Waals surface area contributed by atoms with Gasteiger partial charge in [0.05, 0.1) is 23.2 Å². The summed E-state index contributed by atoms with van der Waals surface area (Å²) in [6.45, 7) is 4.75. The van der Waals surface area contributed by atoms with Gasteiger partial charge in [0.25, 0.3) is 10.1 Å². The van der Waals surface area contributed by atoms with Gasteiger partial charge in [-0.1, -0.05) is 0 Å². The number of ether oxygens (including phenoxy) is 1. The molecule has 2 amide bonds. The molecule has 1 saturated carbocycles. The van der Waals surface area contributed by atoms with Gasteiger partial charge < -0.3 is 15.0 Å². The van der Waals surface area contributed by atoms with E-state index < -0.39 is 28.0 Å². The van der Waals surface area contributed by atoms with Crippen LogP contribution in [0.5, 0.6) is 0 Å². The van der Waals surface area contributed by atoms with Crippen molar-refractivity contribution >= 4 is 33.5 Å². The monoisotopic (exact) mass is 609 g/mol. The molecule has 3 unspecified atom stereocenters. The Morgan fingerprint density at radius 2 is 1.80 bits per heavy atom. The van der Waals surface area contributed by atoms with Crippen molar-refractivity contribution < 1.29 is 31.7 Å². The lowest BCUT2D eigenvalue weighted by molar-refractivity contribution is -0.144. The van der Waals surface area contributed by atoms with Gasteiger partial charge in [0.1, 0.15) is 12.5 Å². The van der Waals surface area contributed by atoms with E-state index in [1.807, 2.05) is 0 Å². The number of carbonyl (C=O) groups is 2. The minimum atomic E-state index is -4.13. The number of hydrogen-bond acceptors (Lipinski definition) is 8. The molecule has 4 fully saturated rings. The highest BCUT2D eigenvalue weighted by atomic mass is 35.5. The predicted molar refractivity (Wildman–Crippen MR) is 149 cm³/mol. The summed E-state index contributed by atoms with van der Waals surface area (Å²) in [5, 5.41) is 9.52. The molecule has 230 valence electrons. The van der Waals surface area contributed by atoms with Crippen molar-refractivity contribution in [3.63, 3.8) is 0 Å². The van der Waals surface area contributed by atoms with Crippen LogP contribution in [0.2, 0.25) is 0 Å². The molecule has 0 spiro atoms. The van der Waals surface area contributed by atoms with Gasteiger partial charge in [-0.3, -0.25) is 29.7 Å². The molecule has 4 N–H and O–H groups in total. The van der Waals surface area contributed by atoms with Gasteiger partial charge in [0, 0.05) is 65.3 Å². The van der Waals surface area contributed by atoms with Crippen molar-refractivity contribution in [2.75, 3.05) is 58.2 Å². The van der Waals surface area contributed by atoms with Crippen molar-refractivity contribution in [1.29, 1.82) is 0 Å². The third kappa shape index (κ3) is 9.74. The Labute approximate surface area is 242 Å². The number of rotatable bonds is 12. The van der Waals surface area contributed by atoms with Crippen molar-refractivity contribution in [3.05, 3.63) is 0 Å². The number of halogens is 2. The zero-order valence-electron chi connectivity index (χ0n) is 23.1. The Bertz CT molecular complexity index is 942. The smallest absolute Gasteiger partial charge is 0.266 e. The summed E-state index contributed by atoms with van der Waals surface area (Å²) in [4.78, 5) is 28.6. The Morgan fingerprint density at radius 3 is 2.45 bits per heavy atom. The van der Waals surface area contributed by atoms with E-state index in [-0.39, 0.29) is 61.6 Å². The second kappa shape index (κ2) is 14.9. The molecule has 4 rings (SSSR count). The summed E-state index contributed by atoms with van der Waals surface area (Å²) in [5.41, 5.74) is 0. The van der Waals surface area contributed by atoms with Crippen LogP contribution in [0.15, 0.2) is 0 Å². The maximum atomic E-state index is 14.9. The minimum absolute atomic E-state index is 0.0998. The molecule has 14 heteroatoms. The Morgan fingerprint density at radius 1 is 1.10 bits per heavy atom. The molecule has 4 aliphatic rings. The van der Waals surface area contributed by atoms with E-state index in [1.54, 1.807) is 4.90 Å². The molecule has 40 heavy (non-hydrogen) atoms. The molecule has 3 aliphatic heterocycles. The number of hydrogen-bond donors (Lipinski definition) is 4. The maximum Gasteiger partial charge on any atom is 0.266 e. The van der Waals surface area contributed by atoms with Crippen LogP contribution in [0.3, 0.4) is 0 Å². The highest BCUT2D eigenvalue weighted by molar-refractivity contribution is 7.85. The third-order valence-electron chi connectivity index (χ3n) is 8.75. The fourth-order valence-corrected chi connectivity index (χ4v) is 6.71. The van der Waals surface area contributed by atoms with E-state index in [4.69, 9.17) is 20.9 Å². The zero-order chi connectivity index (χ0) is 28.7. The van der Waals surface area contributed by atoms with E-state index in [1.165, 1.54) is 12.8 Å². The van der Waals surface area contributed by atoms with Gasteiger partial charge in [-0.05, 0) is 50.4 Å². The molecular formula is C26H45ClFN5O6S. The van der Waals surface area contributed by atoms with E-state index in [2.05, 4.69) is 20.9 Å². The van der Waals surface area contributed by atoms with E-state index in [9.17, 15) is 22.4 Å². The lowest BCUT2D eigenvalue weighted by Crippen LogP contribution is -2.62. The maximum absolute atomic E-state index is 14.9. The molecular weight excluding hydrogens is 565 g/mol. The van der Waals surface area contributed by atoms with Gasteiger partial charge in [0.15, 0.2) is 0 Å². The number of piperidine rings is 1. The molecule has 3 saturated heterocycles. The van der Waals surface area contributed by atoms with Crippen LogP contribution in [0.1, 0.15) is 51.4 Å². The normalized spacial score (nSPS) is 31.1. The molecule has 0 aromatic heterocycles. The van der Waals surface area contributed by atoms with Crippen LogP contribution >= 0.6 is 11.6 Å². The van der Waals surface area contributed by atoms with Crippen LogP contribution < -0.4 is 16.0 Å². The topological polar surface area (TPSA) is 140 Å². The number of nitrogens with one attached hydrogen (secondary N) is 3. The van der Waals surface area contributed by atoms with Crippen molar-refractivity contribution in [3.8, 4) is 0 Å². The van der Waals surface area contributed by atoms with Crippen LogP contribution in [-0.2, 0) is 24.4 Å². The molecule has 1 aliphatic carbocycles. The van der Waals surface area contributed by atoms with Crippen LogP contribution in [0, 0.1) is 17.8 Å². The first-order chi connectivity index (χ1) is 19.1. The number of nitrogens with zero attached hydrogens (tertiary/aromatic N) is 2. The first-order valence-corrected chi connectivity index (χ1v) is 16.7. The number of alkyl halides is 2. The lowest BCUT2D eigenvalue weighted by Gasteiger charge is -2.41. The lowest BCUT2D eigenvalue weighted by atomic mass is 9.83. The van der Waals surface area contributed by atoms with E-state index in [0.29, 0.717) is 25.4 Å². The van der Waals surface area contributed by atoms with Gasteiger partial charge in [-0.25, -0.2) is 4.39 Å². The number of amides is 2. The average Bonchev–Trinajstić information content (AvgIpc) is 2.87. The largest absolute Gasteiger partial charge is 0.378 e. The Hall–Kier alpha value is -1.09. The Balaban J connectivity index is 1.03. The summed E-state index contributed by atoms with van der Waals surface area (Å²) < 4.78 is 51.1. The highest BCUT2D eigenvalue weighted by Crippen LogP contribution is 2.33. The van der Waals surface area contributed by atoms with Gasteiger partial charge >= 0.3 is 0 Å². The van der Waals surface area contributed by atoms with Gasteiger partial charge in [0.2, 0.25) is 11.8 Å². The van der Waals surface area contributed by atoms with E-state index in [0.717, 1.165) is 45.4 Å². The van der Waals surface area contributed by atoms with E-state index >= 15 is 0 Å². The summed E-state index contributed by atoms with van der Waals surface area (Å²) in [6.07, 6.45) is 5.30. The summed E-state index contributed by atoms with van der Waals surface area (Å²) in [7, 11) is -4.13. The second-order valence-electron chi connectivity index (χ2n) is 11.8. The third-order valence-corrected chi connectivity index (χ3v) is 9.78. The SMILES string of the molecule is O=C(NCCS(=O)(=O)O)C1CN(C(=O)CC2CCC(OCCCC3CCN(C4NCC(Cl)CN4)CC3)CC2F)C1. The summed E-state index contributed by atoms with van der Waals surface area (Å²) >= 11 is 6.14.